The monoisotopic (exact) mass is 360 g/mol. The molecule has 2 aromatic carbocycles. The van der Waals surface area contributed by atoms with Crippen molar-refractivity contribution in [3.05, 3.63) is 65.7 Å². The Kier molecular flexibility index (Phi) is 6.73. The molecule has 0 spiro atoms. The molecule has 5 nitrogen and oxygen atoms in total. The minimum atomic E-state index is -3.39. The van der Waals surface area contributed by atoms with Crippen molar-refractivity contribution < 1.29 is 13.2 Å². The summed E-state index contributed by atoms with van der Waals surface area (Å²) in [5, 5.41) is 2.80. The van der Waals surface area contributed by atoms with Crippen LogP contribution in [0.2, 0.25) is 0 Å². The van der Waals surface area contributed by atoms with Crippen molar-refractivity contribution in [2.75, 3.05) is 18.1 Å². The molecule has 0 bridgehead atoms. The number of benzene rings is 2. The van der Waals surface area contributed by atoms with Crippen LogP contribution in [0.15, 0.2) is 54.6 Å². The number of amides is 1. The van der Waals surface area contributed by atoms with Crippen LogP contribution in [0.25, 0.3) is 0 Å². The van der Waals surface area contributed by atoms with Gasteiger partial charge in [-0.25, -0.2) is 8.42 Å². The fraction of sp³-hybridized carbons (Fsp3) is 0.316. The summed E-state index contributed by atoms with van der Waals surface area (Å²) in [5.41, 5.74) is 2.81. The largest absolute Gasteiger partial charge is 0.326 e. The van der Waals surface area contributed by atoms with Crippen molar-refractivity contribution in [3.63, 3.8) is 0 Å². The summed E-state index contributed by atoms with van der Waals surface area (Å²) in [4.78, 5) is 12.1. The second-order valence-electron chi connectivity index (χ2n) is 5.93. The van der Waals surface area contributed by atoms with Crippen LogP contribution in [0.3, 0.4) is 0 Å². The molecular formula is C19H24N2O3S. The molecule has 0 heterocycles. The zero-order chi connectivity index (χ0) is 18.3. The van der Waals surface area contributed by atoms with Crippen molar-refractivity contribution in [2.24, 2.45) is 0 Å². The SMILES string of the molecule is CCc1ccc(NC(=O)CCN(Cc2ccccc2)S(C)(=O)=O)cc1. The highest BCUT2D eigenvalue weighted by molar-refractivity contribution is 7.88. The first-order valence-corrected chi connectivity index (χ1v) is 10.1. The minimum Gasteiger partial charge on any atom is -0.326 e. The Morgan fingerprint density at radius 3 is 2.20 bits per heavy atom. The molecule has 1 N–H and O–H groups in total. The number of hydrogen-bond donors (Lipinski definition) is 1. The maximum absolute atomic E-state index is 12.1. The number of nitrogens with one attached hydrogen (secondary N) is 1. The van der Waals surface area contributed by atoms with E-state index in [9.17, 15) is 13.2 Å². The lowest BCUT2D eigenvalue weighted by Gasteiger charge is -2.19. The molecule has 0 aliphatic carbocycles. The van der Waals surface area contributed by atoms with Gasteiger partial charge in [0.2, 0.25) is 15.9 Å². The lowest BCUT2D eigenvalue weighted by atomic mass is 10.1. The van der Waals surface area contributed by atoms with Gasteiger partial charge >= 0.3 is 0 Å². The molecular weight excluding hydrogens is 336 g/mol. The number of carbonyl (C=O) groups excluding carboxylic acids is 1. The molecule has 0 saturated carbocycles. The molecule has 6 heteroatoms. The maximum Gasteiger partial charge on any atom is 0.225 e. The van der Waals surface area contributed by atoms with E-state index in [4.69, 9.17) is 0 Å². The standard InChI is InChI=1S/C19H24N2O3S/c1-3-16-9-11-18(12-10-16)20-19(22)13-14-21(25(2,23)24)15-17-7-5-4-6-8-17/h4-12H,3,13-15H2,1-2H3,(H,20,22). The fourth-order valence-electron chi connectivity index (χ4n) is 2.42. The Morgan fingerprint density at radius 2 is 1.64 bits per heavy atom. The van der Waals surface area contributed by atoms with Gasteiger partial charge in [-0.1, -0.05) is 49.4 Å². The summed E-state index contributed by atoms with van der Waals surface area (Å²) in [6.45, 7) is 2.48. The van der Waals surface area contributed by atoms with Crippen LogP contribution in [-0.2, 0) is 27.8 Å². The average Bonchev–Trinajstić information content (AvgIpc) is 2.59. The molecule has 0 aromatic heterocycles. The first kappa shape index (κ1) is 19.1. The van der Waals surface area contributed by atoms with E-state index in [1.165, 1.54) is 9.87 Å². The number of hydrogen-bond acceptors (Lipinski definition) is 3. The molecule has 1 amide bonds. The van der Waals surface area contributed by atoms with E-state index in [1.54, 1.807) is 0 Å². The van der Waals surface area contributed by atoms with Gasteiger partial charge in [0, 0.05) is 25.2 Å². The Bertz CT molecular complexity index is 787. The van der Waals surface area contributed by atoms with E-state index in [0.29, 0.717) is 0 Å². The van der Waals surface area contributed by atoms with Crippen LogP contribution < -0.4 is 5.32 Å². The minimum absolute atomic E-state index is 0.107. The summed E-state index contributed by atoms with van der Waals surface area (Å²) in [6, 6.07) is 17.0. The van der Waals surface area contributed by atoms with Crippen molar-refractivity contribution in [1.29, 1.82) is 0 Å². The van der Waals surface area contributed by atoms with Gasteiger partial charge in [0.1, 0.15) is 0 Å². The summed E-state index contributed by atoms with van der Waals surface area (Å²) < 4.78 is 25.3. The van der Waals surface area contributed by atoms with E-state index >= 15 is 0 Å². The summed E-state index contributed by atoms with van der Waals surface area (Å²) >= 11 is 0. The summed E-state index contributed by atoms with van der Waals surface area (Å²) in [5.74, 6) is -0.203. The lowest BCUT2D eigenvalue weighted by Crippen LogP contribution is -2.32. The molecule has 0 atom stereocenters. The average molecular weight is 360 g/mol. The van der Waals surface area contributed by atoms with Crippen molar-refractivity contribution in [1.82, 2.24) is 4.31 Å². The van der Waals surface area contributed by atoms with Crippen LogP contribution in [0, 0.1) is 0 Å². The van der Waals surface area contributed by atoms with E-state index < -0.39 is 10.0 Å². The normalized spacial score (nSPS) is 11.5. The van der Waals surface area contributed by atoms with Gasteiger partial charge in [-0.05, 0) is 29.7 Å². The van der Waals surface area contributed by atoms with Gasteiger partial charge in [-0.2, -0.15) is 4.31 Å². The second-order valence-corrected chi connectivity index (χ2v) is 7.91. The van der Waals surface area contributed by atoms with Crippen molar-refractivity contribution >= 4 is 21.6 Å². The van der Waals surface area contributed by atoms with E-state index in [0.717, 1.165) is 23.9 Å². The first-order valence-electron chi connectivity index (χ1n) is 8.26. The number of nitrogens with zero attached hydrogens (tertiary/aromatic N) is 1. The third-order valence-electron chi connectivity index (χ3n) is 3.90. The predicted molar refractivity (Wildman–Crippen MR) is 101 cm³/mol. The first-order chi connectivity index (χ1) is 11.9. The van der Waals surface area contributed by atoms with E-state index in [1.807, 2.05) is 54.6 Å². The molecule has 134 valence electrons. The predicted octanol–water partition coefficient (Wildman–Crippen LogP) is 3.04. The highest BCUT2D eigenvalue weighted by Gasteiger charge is 2.18. The fourth-order valence-corrected chi connectivity index (χ4v) is 3.23. The Balaban J connectivity index is 1.93. The van der Waals surface area contributed by atoms with Gasteiger partial charge in [0.25, 0.3) is 0 Å². The summed E-state index contributed by atoms with van der Waals surface area (Å²) in [7, 11) is -3.39. The number of rotatable bonds is 8. The number of aryl methyl sites for hydroxylation is 1. The second kappa shape index (κ2) is 8.78. The smallest absolute Gasteiger partial charge is 0.225 e. The highest BCUT2D eigenvalue weighted by Crippen LogP contribution is 2.12. The molecule has 0 aliphatic rings. The molecule has 0 unspecified atom stereocenters. The van der Waals surface area contributed by atoms with Gasteiger partial charge in [0.15, 0.2) is 0 Å². The van der Waals surface area contributed by atoms with E-state index in [-0.39, 0.29) is 25.4 Å². The quantitative estimate of drug-likeness (QED) is 0.787. The Morgan fingerprint density at radius 1 is 1.00 bits per heavy atom. The van der Waals surface area contributed by atoms with Crippen LogP contribution in [0.1, 0.15) is 24.5 Å². The van der Waals surface area contributed by atoms with Crippen LogP contribution in [0.5, 0.6) is 0 Å². The number of sulfonamides is 1. The molecule has 25 heavy (non-hydrogen) atoms. The Labute approximate surface area is 149 Å². The lowest BCUT2D eigenvalue weighted by molar-refractivity contribution is -0.116. The molecule has 2 rings (SSSR count). The summed E-state index contributed by atoms with van der Waals surface area (Å²) in [6.07, 6.45) is 2.21. The third kappa shape index (κ3) is 6.32. The molecule has 0 radical (unpaired) electrons. The van der Waals surface area contributed by atoms with Crippen molar-refractivity contribution in [3.8, 4) is 0 Å². The zero-order valence-corrected chi connectivity index (χ0v) is 15.4. The number of anilines is 1. The van der Waals surface area contributed by atoms with Crippen LogP contribution in [0.4, 0.5) is 5.69 Å². The van der Waals surface area contributed by atoms with Crippen LogP contribution >= 0.6 is 0 Å². The molecule has 0 aliphatic heterocycles. The van der Waals surface area contributed by atoms with Crippen molar-refractivity contribution in [2.45, 2.75) is 26.3 Å². The number of carbonyl (C=O) groups is 1. The molecule has 0 fully saturated rings. The topological polar surface area (TPSA) is 66.5 Å². The van der Waals surface area contributed by atoms with Crippen LogP contribution in [-0.4, -0.2) is 31.4 Å². The van der Waals surface area contributed by atoms with Gasteiger partial charge in [-0.15, -0.1) is 0 Å². The van der Waals surface area contributed by atoms with Gasteiger partial charge < -0.3 is 5.32 Å². The molecule has 2 aromatic rings. The third-order valence-corrected chi connectivity index (χ3v) is 5.15. The highest BCUT2D eigenvalue weighted by atomic mass is 32.2. The zero-order valence-electron chi connectivity index (χ0n) is 14.6. The molecule has 0 saturated heterocycles. The Hall–Kier alpha value is -2.18. The van der Waals surface area contributed by atoms with Gasteiger partial charge in [0.05, 0.1) is 6.26 Å². The van der Waals surface area contributed by atoms with E-state index in [2.05, 4.69) is 12.2 Å². The maximum atomic E-state index is 12.1. The van der Waals surface area contributed by atoms with Gasteiger partial charge in [-0.3, -0.25) is 4.79 Å².